The molecule has 0 aliphatic heterocycles. The molecule has 0 spiro atoms. The van der Waals surface area contributed by atoms with E-state index in [-0.39, 0.29) is 23.1 Å². The minimum Gasteiger partial charge on any atom is -0.384 e. The van der Waals surface area contributed by atoms with Crippen molar-refractivity contribution >= 4 is 7.85 Å². The molecule has 0 amide bonds. The van der Waals surface area contributed by atoms with Gasteiger partial charge in [0.05, 0.1) is 11.7 Å². The largest absolute Gasteiger partial charge is 0.384 e. The summed E-state index contributed by atoms with van der Waals surface area (Å²) in [6, 6.07) is 0.261. The van der Waals surface area contributed by atoms with Crippen molar-refractivity contribution in [2.75, 3.05) is 6.61 Å². The van der Waals surface area contributed by atoms with Crippen molar-refractivity contribution in [1.82, 2.24) is 0 Å². The van der Waals surface area contributed by atoms with Gasteiger partial charge in [-0.15, -0.1) is 0 Å². The van der Waals surface area contributed by atoms with Crippen LogP contribution in [0.5, 0.6) is 0 Å². The van der Waals surface area contributed by atoms with Gasteiger partial charge in [-0.3, -0.25) is 0 Å². The van der Waals surface area contributed by atoms with E-state index in [1.54, 1.807) is 0 Å². The van der Waals surface area contributed by atoms with E-state index in [1.807, 2.05) is 6.92 Å². The van der Waals surface area contributed by atoms with Crippen LogP contribution in [0, 0.1) is 5.41 Å². The van der Waals surface area contributed by atoms with Crippen LogP contribution in [0.1, 0.15) is 48.5 Å². The predicted octanol–water partition coefficient (Wildman–Crippen LogP) is 2.21. The van der Waals surface area contributed by atoms with E-state index in [4.69, 9.17) is 9.47 Å². The molecule has 0 radical (unpaired) electrons. The highest BCUT2D eigenvalue weighted by molar-refractivity contribution is 6.10. The summed E-state index contributed by atoms with van der Waals surface area (Å²) in [6.45, 7) is 15.6. The van der Waals surface area contributed by atoms with Gasteiger partial charge in [-0.25, -0.2) is 0 Å². The molecular weight excluding hydrogens is 187 g/mol. The van der Waals surface area contributed by atoms with Crippen LogP contribution in [-0.2, 0) is 9.47 Å². The Morgan fingerprint density at radius 1 is 1.13 bits per heavy atom. The molecule has 0 aromatic heterocycles. The smallest absolute Gasteiger partial charge is 0.138 e. The molecule has 0 fully saturated rings. The van der Waals surface area contributed by atoms with Gasteiger partial charge in [0, 0.05) is 18.0 Å². The van der Waals surface area contributed by atoms with Crippen molar-refractivity contribution in [2.24, 2.45) is 5.41 Å². The molecule has 0 aliphatic rings. The molecule has 0 bridgehead atoms. The second-order valence-corrected chi connectivity index (χ2v) is 5.49. The minimum absolute atomic E-state index is 0.00667. The van der Waals surface area contributed by atoms with E-state index < -0.39 is 0 Å². The van der Waals surface area contributed by atoms with Crippen molar-refractivity contribution < 1.29 is 9.47 Å². The summed E-state index contributed by atoms with van der Waals surface area (Å²) in [6.07, 6.45) is 0.180. The van der Waals surface area contributed by atoms with Crippen LogP contribution in [0.25, 0.3) is 0 Å². The third kappa shape index (κ3) is 3.80. The standard InChI is InChI=1S/C12H27BO2/c1-8-14-12(6,7)11(4,5)9(2)15-10(3)13/h9-10H,8,13H2,1-7H3. The molecule has 0 rings (SSSR count). The zero-order chi connectivity index (χ0) is 12.3. The SMILES string of the molecule is BC(C)OC(C)C(C)(C)C(C)(C)OCC. The summed E-state index contributed by atoms with van der Waals surface area (Å²) >= 11 is 0. The second kappa shape index (κ2) is 5.35. The van der Waals surface area contributed by atoms with Gasteiger partial charge in [-0.05, 0) is 34.6 Å². The summed E-state index contributed by atoms with van der Waals surface area (Å²) in [7, 11) is 2.07. The normalized spacial score (nSPS) is 17.5. The molecule has 15 heavy (non-hydrogen) atoms. The Hall–Kier alpha value is -0.0151. The first kappa shape index (κ1) is 15.0. The van der Waals surface area contributed by atoms with Crippen molar-refractivity contribution in [2.45, 2.75) is 66.2 Å². The molecular formula is C12H27BO2. The fourth-order valence-electron chi connectivity index (χ4n) is 1.61. The first-order valence-electron chi connectivity index (χ1n) is 5.94. The van der Waals surface area contributed by atoms with Crippen LogP contribution in [-0.4, -0.2) is 32.2 Å². The highest BCUT2D eigenvalue weighted by Crippen LogP contribution is 2.38. The lowest BCUT2D eigenvalue weighted by Crippen LogP contribution is -2.50. The average Bonchev–Trinajstić information content (AvgIpc) is 2.02. The topological polar surface area (TPSA) is 18.5 Å². The maximum absolute atomic E-state index is 5.87. The van der Waals surface area contributed by atoms with E-state index in [0.29, 0.717) is 0 Å². The predicted molar refractivity (Wildman–Crippen MR) is 68.0 cm³/mol. The fraction of sp³-hybridized carbons (Fsp3) is 1.00. The third-order valence-electron chi connectivity index (χ3n) is 3.55. The molecule has 0 N–H and O–H groups in total. The molecule has 0 aromatic rings. The molecule has 2 unspecified atom stereocenters. The number of hydrogen-bond donors (Lipinski definition) is 0. The Morgan fingerprint density at radius 2 is 1.60 bits per heavy atom. The third-order valence-corrected chi connectivity index (χ3v) is 3.55. The Kier molecular flexibility index (Phi) is 5.35. The number of ether oxygens (including phenoxy) is 2. The van der Waals surface area contributed by atoms with E-state index in [2.05, 4.69) is 49.4 Å². The van der Waals surface area contributed by atoms with Gasteiger partial charge < -0.3 is 9.47 Å². The maximum Gasteiger partial charge on any atom is 0.138 e. The number of rotatable bonds is 6. The van der Waals surface area contributed by atoms with Crippen molar-refractivity contribution in [3.05, 3.63) is 0 Å². The lowest BCUT2D eigenvalue weighted by molar-refractivity contribution is -0.153. The first-order chi connectivity index (χ1) is 6.65. The summed E-state index contributed by atoms with van der Waals surface area (Å²) in [4.78, 5) is 0. The molecule has 0 heterocycles. The van der Waals surface area contributed by atoms with Crippen LogP contribution in [0.2, 0.25) is 0 Å². The van der Waals surface area contributed by atoms with Gasteiger partial charge in [0.1, 0.15) is 7.85 Å². The first-order valence-corrected chi connectivity index (χ1v) is 5.94. The second-order valence-electron chi connectivity index (χ2n) is 5.49. The molecule has 2 nitrogen and oxygen atoms in total. The highest BCUT2D eigenvalue weighted by Gasteiger charge is 2.42. The molecule has 0 aromatic carbocycles. The summed E-state index contributed by atoms with van der Waals surface area (Å²) in [5, 5.41) is 0. The van der Waals surface area contributed by atoms with Crippen LogP contribution >= 0.6 is 0 Å². The Balaban J connectivity index is 4.63. The zero-order valence-electron chi connectivity index (χ0n) is 11.7. The zero-order valence-corrected chi connectivity index (χ0v) is 11.7. The Bertz CT molecular complexity index is 188. The van der Waals surface area contributed by atoms with Gasteiger partial charge in [0.25, 0.3) is 0 Å². The minimum atomic E-state index is -0.171. The van der Waals surface area contributed by atoms with Crippen LogP contribution in [0.3, 0.4) is 0 Å². The van der Waals surface area contributed by atoms with Crippen molar-refractivity contribution in [1.29, 1.82) is 0 Å². The van der Waals surface area contributed by atoms with Gasteiger partial charge in [0.2, 0.25) is 0 Å². The molecule has 90 valence electrons. The van der Waals surface area contributed by atoms with Crippen LogP contribution in [0.15, 0.2) is 0 Å². The highest BCUT2D eigenvalue weighted by atomic mass is 16.5. The van der Waals surface area contributed by atoms with E-state index in [1.165, 1.54) is 0 Å². The summed E-state index contributed by atoms with van der Waals surface area (Å²) in [5.74, 6) is 0. The van der Waals surface area contributed by atoms with Crippen molar-refractivity contribution in [3.8, 4) is 0 Å². The fourth-order valence-corrected chi connectivity index (χ4v) is 1.61. The Labute approximate surface area is 96.1 Å². The summed E-state index contributed by atoms with van der Waals surface area (Å²) in [5.41, 5.74) is -0.177. The quantitative estimate of drug-likeness (QED) is 0.631. The lowest BCUT2D eigenvalue weighted by atomic mass is 9.73. The van der Waals surface area contributed by atoms with Gasteiger partial charge in [-0.1, -0.05) is 13.8 Å². The Morgan fingerprint density at radius 3 is 1.93 bits per heavy atom. The monoisotopic (exact) mass is 214 g/mol. The van der Waals surface area contributed by atoms with E-state index >= 15 is 0 Å². The van der Waals surface area contributed by atoms with Gasteiger partial charge in [0.15, 0.2) is 0 Å². The molecule has 0 saturated heterocycles. The van der Waals surface area contributed by atoms with Gasteiger partial charge >= 0.3 is 0 Å². The van der Waals surface area contributed by atoms with E-state index in [0.717, 1.165) is 6.61 Å². The average molecular weight is 214 g/mol. The molecule has 3 heteroatoms. The number of hydrogen-bond acceptors (Lipinski definition) is 2. The molecule has 2 atom stereocenters. The van der Waals surface area contributed by atoms with Crippen molar-refractivity contribution in [3.63, 3.8) is 0 Å². The maximum atomic E-state index is 5.87. The van der Waals surface area contributed by atoms with E-state index in [9.17, 15) is 0 Å². The lowest BCUT2D eigenvalue weighted by Gasteiger charge is -2.45. The van der Waals surface area contributed by atoms with Gasteiger partial charge in [-0.2, -0.15) is 0 Å². The molecule has 0 aliphatic carbocycles. The summed E-state index contributed by atoms with van der Waals surface area (Å²) < 4.78 is 11.7. The van der Waals surface area contributed by atoms with Crippen LogP contribution < -0.4 is 0 Å². The van der Waals surface area contributed by atoms with Crippen LogP contribution in [0.4, 0.5) is 0 Å². The molecule has 0 saturated carbocycles.